The highest BCUT2D eigenvalue weighted by atomic mass is 79.9. The Bertz CT molecular complexity index is 437. The molecule has 2 nitrogen and oxygen atoms in total. The zero-order valence-electron chi connectivity index (χ0n) is 9.17. The predicted molar refractivity (Wildman–Crippen MR) is 60.4 cm³/mol. The van der Waals surface area contributed by atoms with E-state index in [1.54, 1.807) is 0 Å². The van der Waals surface area contributed by atoms with E-state index in [1.807, 2.05) is 0 Å². The SMILES string of the molecule is CC(=O)C(Br)c1cc(C(F)F)ccc1OC(F)F. The fraction of sp³-hybridized carbons (Fsp3) is 0.364. The van der Waals surface area contributed by atoms with Crippen LogP contribution in [0.3, 0.4) is 0 Å². The number of ketones is 1. The lowest BCUT2D eigenvalue weighted by Gasteiger charge is -2.15. The number of benzene rings is 1. The summed E-state index contributed by atoms with van der Waals surface area (Å²) in [4.78, 5) is 10.2. The minimum atomic E-state index is -3.09. The molecule has 0 aromatic heterocycles. The molecule has 18 heavy (non-hydrogen) atoms. The van der Waals surface area contributed by atoms with Gasteiger partial charge in [0, 0.05) is 11.1 Å². The van der Waals surface area contributed by atoms with Crippen LogP contribution in [0.4, 0.5) is 17.6 Å². The van der Waals surface area contributed by atoms with Crippen molar-refractivity contribution in [3.63, 3.8) is 0 Å². The Kier molecular flexibility index (Phi) is 5.13. The number of carbonyl (C=O) groups is 1. The van der Waals surface area contributed by atoms with Crippen LogP contribution in [-0.2, 0) is 4.79 Å². The Hall–Kier alpha value is -1.11. The normalized spacial score (nSPS) is 12.9. The third kappa shape index (κ3) is 3.69. The second kappa shape index (κ2) is 6.17. The maximum atomic E-state index is 12.5. The maximum absolute atomic E-state index is 12.5. The van der Waals surface area contributed by atoms with Crippen molar-refractivity contribution in [1.29, 1.82) is 0 Å². The highest BCUT2D eigenvalue weighted by molar-refractivity contribution is 9.09. The van der Waals surface area contributed by atoms with Gasteiger partial charge in [0.2, 0.25) is 0 Å². The molecule has 1 atom stereocenters. The van der Waals surface area contributed by atoms with Crippen LogP contribution in [0.25, 0.3) is 0 Å². The summed E-state index contributed by atoms with van der Waals surface area (Å²) in [6.45, 7) is -1.88. The number of rotatable bonds is 5. The molecule has 0 amide bonds. The lowest BCUT2D eigenvalue weighted by Crippen LogP contribution is -2.09. The number of carbonyl (C=O) groups excluding carboxylic acids is 1. The molecule has 100 valence electrons. The zero-order valence-corrected chi connectivity index (χ0v) is 10.8. The van der Waals surface area contributed by atoms with Gasteiger partial charge in [-0.3, -0.25) is 4.79 Å². The molecule has 0 bridgehead atoms. The van der Waals surface area contributed by atoms with Gasteiger partial charge in [-0.1, -0.05) is 15.9 Å². The van der Waals surface area contributed by atoms with Crippen LogP contribution in [-0.4, -0.2) is 12.4 Å². The topological polar surface area (TPSA) is 26.3 Å². The van der Waals surface area contributed by atoms with E-state index < -0.39 is 23.6 Å². The van der Waals surface area contributed by atoms with Gasteiger partial charge in [0.05, 0.1) is 0 Å². The quantitative estimate of drug-likeness (QED) is 0.596. The Morgan fingerprint density at radius 3 is 2.33 bits per heavy atom. The minimum absolute atomic E-state index is 0.0411. The van der Waals surface area contributed by atoms with Crippen molar-refractivity contribution >= 4 is 21.7 Å². The van der Waals surface area contributed by atoms with Gasteiger partial charge in [-0.2, -0.15) is 8.78 Å². The standard InChI is InChI=1S/C11H9BrF4O2/c1-5(17)9(12)7-4-6(10(13)14)2-3-8(7)18-11(15)16/h2-4,9-11H,1H3. The second-order valence-corrected chi connectivity index (χ2v) is 4.37. The molecule has 1 rings (SSSR count). The number of hydrogen-bond acceptors (Lipinski definition) is 2. The molecule has 1 aromatic rings. The van der Waals surface area contributed by atoms with Gasteiger partial charge in [0.25, 0.3) is 6.43 Å². The molecule has 0 fully saturated rings. The minimum Gasteiger partial charge on any atom is -0.434 e. The van der Waals surface area contributed by atoms with Crippen LogP contribution in [0.2, 0.25) is 0 Å². The molecule has 0 aliphatic heterocycles. The fourth-order valence-corrected chi connectivity index (χ4v) is 1.68. The number of halogens is 5. The van der Waals surface area contributed by atoms with Gasteiger partial charge in [-0.25, -0.2) is 8.78 Å². The van der Waals surface area contributed by atoms with E-state index in [0.29, 0.717) is 0 Å². The van der Waals surface area contributed by atoms with E-state index >= 15 is 0 Å². The Labute approximate surface area is 109 Å². The molecule has 0 aliphatic carbocycles. The summed E-state index contributed by atoms with van der Waals surface area (Å²) < 4.78 is 53.5. The fourth-order valence-electron chi connectivity index (χ4n) is 1.32. The van der Waals surface area contributed by atoms with Gasteiger partial charge in [-0.15, -0.1) is 0 Å². The number of Topliss-reactive ketones (excluding diaryl/α,β-unsaturated/α-hetero) is 1. The van der Waals surface area contributed by atoms with Crippen molar-refractivity contribution in [2.75, 3.05) is 0 Å². The van der Waals surface area contributed by atoms with Gasteiger partial charge < -0.3 is 4.74 Å². The van der Waals surface area contributed by atoms with Gasteiger partial charge in [0.1, 0.15) is 16.4 Å². The molecule has 0 saturated heterocycles. The van der Waals surface area contributed by atoms with Crippen LogP contribution in [0.1, 0.15) is 29.3 Å². The molecule has 1 unspecified atom stereocenters. The average Bonchev–Trinajstić information content (AvgIpc) is 2.27. The Morgan fingerprint density at radius 2 is 1.89 bits per heavy atom. The third-order valence-electron chi connectivity index (χ3n) is 2.13. The molecule has 1 aromatic carbocycles. The van der Waals surface area contributed by atoms with E-state index in [9.17, 15) is 22.4 Å². The molecule has 0 N–H and O–H groups in total. The van der Waals surface area contributed by atoms with E-state index in [1.165, 1.54) is 6.92 Å². The predicted octanol–water partition coefficient (Wildman–Crippen LogP) is 4.25. The van der Waals surface area contributed by atoms with E-state index in [-0.39, 0.29) is 16.9 Å². The summed E-state index contributed by atoms with van der Waals surface area (Å²) in [7, 11) is 0. The lowest BCUT2D eigenvalue weighted by molar-refractivity contribution is -0.116. The highest BCUT2D eigenvalue weighted by Gasteiger charge is 2.22. The number of alkyl halides is 5. The Morgan fingerprint density at radius 1 is 1.28 bits per heavy atom. The van der Waals surface area contributed by atoms with Crippen molar-refractivity contribution in [2.45, 2.75) is 24.8 Å². The Balaban J connectivity index is 3.21. The number of hydrogen-bond donors (Lipinski definition) is 0. The largest absolute Gasteiger partial charge is 0.434 e. The molecular weight excluding hydrogens is 320 g/mol. The van der Waals surface area contributed by atoms with Crippen LogP contribution in [0, 0.1) is 0 Å². The first-order valence-corrected chi connectivity index (χ1v) is 5.75. The van der Waals surface area contributed by atoms with E-state index in [2.05, 4.69) is 20.7 Å². The van der Waals surface area contributed by atoms with Crippen LogP contribution in [0.15, 0.2) is 18.2 Å². The monoisotopic (exact) mass is 328 g/mol. The van der Waals surface area contributed by atoms with Crippen LogP contribution in [0.5, 0.6) is 5.75 Å². The van der Waals surface area contributed by atoms with E-state index in [0.717, 1.165) is 18.2 Å². The van der Waals surface area contributed by atoms with Crippen molar-refractivity contribution in [2.24, 2.45) is 0 Å². The first-order chi connectivity index (χ1) is 8.32. The molecule has 0 aliphatic rings. The summed E-state index contributed by atoms with van der Waals surface area (Å²) in [5.74, 6) is -0.702. The van der Waals surface area contributed by atoms with Crippen LogP contribution < -0.4 is 4.74 Å². The summed E-state index contributed by atoms with van der Waals surface area (Å²) in [6.07, 6.45) is -2.75. The van der Waals surface area contributed by atoms with Crippen molar-refractivity contribution in [3.05, 3.63) is 29.3 Å². The van der Waals surface area contributed by atoms with Gasteiger partial charge in [0.15, 0.2) is 0 Å². The highest BCUT2D eigenvalue weighted by Crippen LogP contribution is 2.35. The molecule has 0 saturated carbocycles. The zero-order chi connectivity index (χ0) is 13.9. The van der Waals surface area contributed by atoms with E-state index in [4.69, 9.17) is 0 Å². The van der Waals surface area contributed by atoms with Crippen molar-refractivity contribution in [1.82, 2.24) is 0 Å². The first kappa shape index (κ1) is 14.9. The molecule has 0 heterocycles. The van der Waals surface area contributed by atoms with Crippen molar-refractivity contribution in [3.8, 4) is 5.75 Å². The number of ether oxygens (including phenoxy) is 1. The smallest absolute Gasteiger partial charge is 0.387 e. The maximum Gasteiger partial charge on any atom is 0.387 e. The third-order valence-corrected chi connectivity index (χ3v) is 3.27. The summed E-state index contributed by atoms with van der Waals surface area (Å²) in [5, 5.41) is 0. The molecule has 7 heteroatoms. The second-order valence-electron chi connectivity index (χ2n) is 3.45. The average molecular weight is 329 g/mol. The van der Waals surface area contributed by atoms with Gasteiger partial charge in [-0.05, 0) is 25.1 Å². The molecular formula is C11H9BrF4O2. The summed E-state index contributed by atoms with van der Waals surface area (Å²) >= 11 is 2.96. The summed E-state index contributed by atoms with van der Waals surface area (Å²) in [5.41, 5.74) is -0.405. The molecule has 0 spiro atoms. The summed E-state index contributed by atoms with van der Waals surface area (Å²) in [6, 6.07) is 2.95. The van der Waals surface area contributed by atoms with Crippen molar-refractivity contribution < 1.29 is 27.1 Å². The molecule has 0 radical (unpaired) electrons. The van der Waals surface area contributed by atoms with Gasteiger partial charge >= 0.3 is 6.61 Å². The van der Waals surface area contributed by atoms with Crippen LogP contribution >= 0.6 is 15.9 Å². The lowest BCUT2D eigenvalue weighted by atomic mass is 10.0. The first-order valence-electron chi connectivity index (χ1n) is 4.84.